The highest BCUT2D eigenvalue weighted by Gasteiger charge is 2.07. The fourth-order valence-corrected chi connectivity index (χ4v) is 3.08. The number of imidazole rings is 1. The van der Waals surface area contributed by atoms with Crippen molar-refractivity contribution in [3.8, 4) is 0 Å². The molecular weight excluding hydrogens is 410 g/mol. The summed E-state index contributed by atoms with van der Waals surface area (Å²) in [6.07, 6.45) is 0. The van der Waals surface area contributed by atoms with Crippen molar-refractivity contribution in [1.29, 1.82) is 0 Å². The van der Waals surface area contributed by atoms with Gasteiger partial charge in [0, 0.05) is 3.57 Å². The van der Waals surface area contributed by atoms with Crippen LogP contribution >= 0.6 is 46.4 Å². The molecule has 0 fully saturated rings. The van der Waals surface area contributed by atoms with Crippen LogP contribution in [0.2, 0.25) is 5.02 Å². The molecule has 2 nitrogen and oxygen atoms in total. The van der Waals surface area contributed by atoms with Crippen LogP contribution in [0.15, 0.2) is 36.4 Å². The highest BCUT2D eigenvalue weighted by molar-refractivity contribution is 14.1. The van der Waals surface area contributed by atoms with Crippen molar-refractivity contribution in [3.63, 3.8) is 0 Å². The molecule has 3 aromatic rings. The SMILES string of the molecule is Fc1ccc(Cn2c(=S)[nH]c3cc(I)ccc32)cc1Cl. The molecule has 102 valence electrons. The second-order valence-electron chi connectivity index (χ2n) is 4.43. The first kappa shape index (κ1) is 14.0. The number of H-pyrrole nitrogens is 1. The Bertz CT molecular complexity index is 856. The molecule has 0 saturated heterocycles. The summed E-state index contributed by atoms with van der Waals surface area (Å²) in [4.78, 5) is 3.18. The number of hydrogen-bond acceptors (Lipinski definition) is 1. The van der Waals surface area contributed by atoms with Gasteiger partial charge in [0.2, 0.25) is 0 Å². The molecule has 0 bridgehead atoms. The maximum Gasteiger partial charge on any atom is 0.178 e. The highest BCUT2D eigenvalue weighted by atomic mass is 127. The predicted octanol–water partition coefficient (Wildman–Crippen LogP) is 5.14. The normalized spacial score (nSPS) is 11.2. The van der Waals surface area contributed by atoms with E-state index in [0.717, 1.165) is 20.2 Å². The predicted molar refractivity (Wildman–Crippen MR) is 90.4 cm³/mol. The number of nitrogens with zero attached hydrogens (tertiary/aromatic N) is 1. The Labute approximate surface area is 138 Å². The molecule has 0 amide bonds. The Morgan fingerprint density at radius 3 is 2.80 bits per heavy atom. The van der Waals surface area contributed by atoms with Gasteiger partial charge in [-0.15, -0.1) is 0 Å². The van der Waals surface area contributed by atoms with E-state index in [-0.39, 0.29) is 5.02 Å². The number of halogens is 3. The number of benzene rings is 2. The van der Waals surface area contributed by atoms with E-state index in [4.69, 9.17) is 23.8 Å². The van der Waals surface area contributed by atoms with E-state index in [1.165, 1.54) is 6.07 Å². The van der Waals surface area contributed by atoms with Crippen LogP contribution in [-0.2, 0) is 6.54 Å². The number of rotatable bonds is 2. The van der Waals surface area contributed by atoms with Crippen molar-refractivity contribution in [3.05, 3.63) is 61.1 Å². The molecule has 2 aromatic carbocycles. The molecule has 0 aliphatic heterocycles. The van der Waals surface area contributed by atoms with Gasteiger partial charge in [-0.2, -0.15) is 0 Å². The first-order valence-corrected chi connectivity index (χ1v) is 7.73. The van der Waals surface area contributed by atoms with Crippen molar-refractivity contribution in [2.24, 2.45) is 0 Å². The van der Waals surface area contributed by atoms with Gasteiger partial charge < -0.3 is 9.55 Å². The summed E-state index contributed by atoms with van der Waals surface area (Å²) in [5.74, 6) is -0.410. The zero-order chi connectivity index (χ0) is 14.3. The fourth-order valence-electron chi connectivity index (χ4n) is 2.11. The van der Waals surface area contributed by atoms with E-state index in [1.54, 1.807) is 12.1 Å². The molecule has 1 aromatic heterocycles. The zero-order valence-corrected chi connectivity index (χ0v) is 13.9. The van der Waals surface area contributed by atoms with Crippen molar-refractivity contribution >= 4 is 57.4 Å². The molecular formula is C14H9ClFIN2S. The first-order valence-electron chi connectivity index (χ1n) is 5.86. The average molecular weight is 419 g/mol. The minimum absolute atomic E-state index is 0.128. The summed E-state index contributed by atoms with van der Waals surface area (Å²) in [6.45, 7) is 0.555. The molecule has 1 heterocycles. The summed E-state index contributed by atoms with van der Waals surface area (Å²) in [7, 11) is 0. The van der Waals surface area contributed by atoms with Gasteiger partial charge in [0.15, 0.2) is 4.77 Å². The number of aromatic amines is 1. The number of fused-ring (bicyclic) bond motifs is 1. The average Bonchev–Trinajstić information content (AvgIpc) is 2.69. The van der Waals surface area contributed by atoms with Gasteiger partial charge in [0.05, 0.1) is 22.6 Å². The number of hydrogen-bond donors (Lipinski definition) is 1. The summed E-state index contributed by atoms with van der Waals surface area (Å²) in [5, 5.41) is 0.128. The quantitative estimate of drug-likeness (QED) is 0.451. The second kappa shape index (κ2) is 5.46. The van der Waals surface area contributed by atoms with Crippen LogP contribution in [-0.4, -0.2) is 9.55 Å². The summed E-state index contributed by atoms with van der Waals surface area (Å²) < 4.78 is 16.9. The van der Waals surface area contributed by atoms with E-state index < -0.39 is 5.82 Å². The Balaban J connectivity index is 2.08. The van der Waals surface area contributed by atoms with Crippen LogP contribution in [0.4, 0.5) is 4.39 Å². The van der Waals surface area contributed by atoms with Gasteiger partial charge in [-0.05, 0) is 70.7 Å². The van der Waals surface area contributed by atoms with Gasteiger partial charge in [-0.3, -0.25) is 0 Å². The van der Waals surface area contributed by atoms with Crippen LogP contribution in [0, 0.1) is 14.2 Å². The van der Waals surface area contributed by atoms with E-state index in [1.807, 2.05) is 22.8 Å². The smallest absolute Gasteiger partial charge is 0.178 e. The Morgan fingerprint density at radius 1 is 1.25 bits per heavy atom. The summed E-state index contributed by atoms with van der Waals surface area (Å²) >= 11 is 13.4. The van der Waals surface area contributed by atoms with E-state index in [0.29, 0.717) is 11.3 Å². The third-order valence-electron chi connectivity index (χ3n) is 3.06. The monoisotopic (exact) mass is 418 g/mol. The topological polar surface area (TPSA) is 20.7 Å². The fraction of sp³-hybridized carbons (Fsp3) is 0.0714. The second-order valence-corrected chi connectivity index (χ2v) is 6.47. The van der Waals surface area contributed by atoms with Crippen LogP contribution in [0.3, 0.4) is 0 Å². The van der Waals surface area contributed by atoms with Crippen molar-refractivity contribution in [2.75, 3.05) is 0 Å². The van der Waals surface area contributed by atoms with Gasteiger partial charge in [0.25, 0.3) is 0 Å². The third-order valence-corrected chi connectivity index (χ3v) is 4.34. The molecule has 0 atom stereocenters. The van der Waals surface area contributed by atoms with Crippen molar-refractivity contribution < 1.29 is 4.39 Å². The van der Waals surface area contributed by atoms with Gasteiger partial charge in [0.1, 0.15) is 5.82 Å². The van der Waals surface area contributed by atoms with Crippen molar-refractivity contribution in [1.82, 2.24) is 9.55 Å². The minimum atomic E-state index is -0.410. The lowest BCUT2D eigenvalue weighted by Crippen LogP contribution is -2.00. The Kier molecular flexibility index (Phi) is 3.83. The molecule has 1 N–H and O–H groups in total. The number of aromatic nitrogens is 2. The largest absolute Gasteiger partial charge is 0.331 e. The molecule has 3 rings (SSSR count). The maximum absolute atomic E-state index is 13.2. The molecule has 0 unspecified atom stereocenters. The Hall–Kier alpha value is -0.920. The van der Waals surface area contributed by atoms with Crippen molar-refractivity contribution in [2.45, 2.75) is 6.54 Å². The van der Waals surface area contributed by atoms with E-state index in [9.17, 15) is 4.39 Å². The van der Waals surface area contributed by atoms with Crippen LogP contribution < -0.4 is 0 Å². The Morgan fingerprint density at radius 2 is 2.05 bits per heavy atom. The molecule has 0 aliphatic rings. The highest BCUT2D eigenvalue weighted by Crippen LogP contribution is 2.21. The van der Waals surface area contributed by atoms with Gasteiger partial charge >= 0.3 is 0 Å². The van der Waals surface area contributed by atoms with Crippen LogP contribution in [0.25, 0.3) is 11.0 Å². The lowest BCUT2D eigenvalue weighted by Gasteiger charge is -2.06. The molecule has 0 radical (unpaired) electrons. The lowest BCUT2D eigenvalue weighted by atomic mass is 10.2. The summed E-state index contributed by atoms with van der Waals surface area (Å²) in [5.41, 5.74) is 2.93. The van der Waals surface area contributed by atoms with Gasteiger partial charge in [-0.1, -0.05) is 17.7 Å². The molecule has 6 heteroatoms. The third kappa shape index (κ3) is 2.62. The van der Waals surface area contributed by atoms with Crippen LogP contribution in [0.1, 0.15) is 5.56 Å². The minimum Gasteiger partial charge on any atom is -0.331 e. The standard InChI is InChI=1S/C14H9ClFIN2S/c15-10-5-8(1-3-11(10)16)7-19-13-4-2-9(17)6-12(13)18-14(19)20/h1-6H,7H2,(H,18,20). The van der Waals surface area contributed by atoms with E-state index in [2.05, 4.69) is 27.6 Å². The lowest BCUT2D eigenvalue weighted by molar-refractivity contribution is 0.627. The molecule has 0 spiro atoms. The summed E-state index contributed by atoms with van der Waals surface area (Å²) in [6, 6.07) is 10.8. The molecule has 20 heavy (non-hydrogen) atoms. The first-order chi connectivity index (χ1) is 9.54. The van der Waals surface area contributed by atoms with Crippen LogP contribution in [0.5, 0.6) is 0 Å². The zero-order valence-electron chi connectivity index (χ0n) is 10.2. The number of nitrogens with one attached hydrogen (secondary N) is 1. The van der Waals surface area contributed by atoms with E-state index >= 15 is 0 Å². The van der Waals surface area contributed by atoms with Gasteiger partial charge in [-0.25, -0.2) is 4.39 Å². The maximum atomic E-state index is 13.2. The molecule has 0 aliphatic carbocycles. The molecule has 0 saturated carbocycles.